The van der Waals surface area contributed by atoms with E-state index in [2.05, 4.69) is 10.4 Å². The van der Waals surface area contributed by atoms with Gasteiger partial charge in [-0.2, -0.15) is 10.1 Å². The van der Waals surface area contributed by atoms with E-state index in [1.54, 1.807) is 42.5 Å². The summed E-state index contributed by atoms with van der Waals surface area (Å²) in [5.41, 5.74) is 1.20. The Kier molecular flexibility index (Phi) is 5.68. The van der Waals surface area contributed by atoms with Gasteiger partial charge < -0.3 is 10.1 Å². The zero-order chi connectivity index (χ0) is 23.1. The molecule has 1 saturated heterocycles. The highest BCUT2D eigenvalue weighted by Crippen LogP contribution is 2.52. The van der Waals surface area contributed by atoms with Crippen molar-refractivity contribution in [2.75, 3.05) is 11.9 Å². The highest BCUT2D eigenvalue weighted by atomic mass is 35.5. The van der Waals surface area contributed by atoms with Crippen molar-refractivity contribution in [2.45, 2.75) is 6.42 Å². The number of benzene rings is 2. The molecule has 2 aromatic rings. The van der Waals surface area contributed by atoms with Gasteiger partial charge in [0.05, 0.1) is 23.1 Å². The Bertz CT molecular complexity index is 1160. The van der Waals surface area contributed by atoms with E-state index in [9.17, 15) is 14.4 Å². The van der Waals surface area contributed by atoms with Gasteiger partial charge in [-0.3, -0.25) is 14.4 Å². The summed E-state index contributed by atoms with van der Waals surface area (Å²) < 4.78 is 5.50. The van der Waals surface area contributed by atoms with Gasteiger partial charge in [0, 0.05) is 10.7 Å². The monoisotopic (exact) mass is 483 g/mol. The Hall–Kier alpha value is -3.16. The van der Waals surface area contributed by atoms with Crippen LogP contribution in [0, 0.1) is 23.7 Å². The van der Waals surface area contributed by atoms with E-state index in [1.165, 1.54) is 6.21 Å². The molecule has 7 nitrogen and oxygen atoms in total. The summed E-state index contributed by atoms with van der Waals surface area (Å²) in [5, 5.41) is 8.67. The normalized spacial score (nSPS) is 25.2. The van der Waals surface area contributed by atoms with E-state index in [1.807, 2.05) is 12.2 Å². The van der Waals surface area contributed by atoms with Crippen LogP contribution < -0.4 is 10.1 Å². The van der Waals surface area contributed by atoms with Gasteiger partial charge in [-0.1, -0.05) is 35.4 Å². The summed E-state index contributed by atoms with van der Waals surface area (Å²) in [4.78, 5) is 37.5. The van der Waals surface area contributed by atoms with Gasteiger partial charge in [-0.25, -0.2) is 0 Å². The van der Waals surface area contributed by atoms with Crippen LogP contribution in [0.2, 0.25) is 10.0 Å². The number of allylic oxidation sites excluding steroid dienone is 2. The Balaban J connectivity index is 1.19. The molecular formula is C24H19Cl2N3O4. The van der Waals surface area contributed by atoms with Crippen molar-refractivity contribution < 1.29 is 19.1 Å². The number of halogens is 2. The smallest absolute Gasteiger partial charge is 0.262 e. The number of ether oxygens (including phenoxy) is 1. The largest absolute Gasteiger partial charge is 0.482 e. The molecule has 2 fully saturated rings. The second-order valence-electron chi connectivity index (χ2n) is 8.27. The number of hydrogen-bond acceptors (Lipinski definition) is 5. The number of carbonyl (C=O) groups is 3. The molecular weight excluding hydrogens is 465 g/mol. The Labute approximate surface area is 200 Å². The lowest BCUT2D eigenvalue weighted by atomic mass is 9.85. The zero-order valence-corrected chi connectivity index (χ0v) is 18.8. The molecule has 1 saturated carbocycles. The van der Waals surface area contributed by atoms with Crippen LogP contribution in [0.15, 0.2) is 59.7 Å². The molecule has 1 heterocycles. The topological polar surface area (TPSA) is 88.1 Å². The molecule has 4 atom stereocenters. The van der Waals surface area contributed by atoms with E-state index in [0.717, 1.165) is 11.4 Å². The molecule has 3 aliphatic rings. The number of hydrogen-bond donors (Lipinski definition) is 1. The van der Waals surface area contributed by atoms with Gasteiger partial charge >= 0.3 is 0 Å². The Morgan fingerprint density at radius 1 is 1.06 bits per heavy atom. The molecule has 1 N–H and O–H groups in total. The minimum atomic E-state index is -0.348. The number of nitrogens with zero attached hydrogens (tertiary/aromatic N) is 2. The molecule has 0 aromatic heterocycles. The molecule has 2 bridgehead atoms. The molecule has 5 rings (SSSR count). The minimum absolute atomic E-state index is 0.138. The minimum Gasteiger partial charge on any atom is -0.482 e. The predicted molar refractivity (Wildman–Crippen MR) is 124 cm³/mol. The first-order valence-corrected chi connectivity index (χ1v) is 11.2. The highest BCUT2D eigenvalue weighted by molar-refractivity contribution is 6.32. The number of carbonyl (C=O) groups excluding carboxylic acids is 3. The average Bonchev–Trinajstić information content (AvgIpc) is 3.47. The number of nitrogens with one attached hydrogen (secondary N) is 1. The van der Waals surface area contributed by atoms with Crippen molar-refractivity contribution in [3.63, 3.8) is 0 Å². The summed E-state index contributed by atoms with van der Waals surface area (Å²) in [6.07, 6.45) is 6.38. The van der Waals surface area contributed by atoms with Crippen LogP contribution in [0.3, 0.4) is 0 Å². The van der Waals surface area contributed by atoms with Crippen LogP contribution in [0.5, 0.6) is 5.75 Å². The van der Waals surface area contributed by atoms with Crippen molar-refractivity contribution in [1.29, 1.82) is 0 Å². The predicted octanol–water partition coefficient (Wildman–Crippen LogP) is 4.15. The molecule has 168 valence electrons. The first kappa shape index (κ1) is 21.7. The summed E-state index contributed by atoms with van der Waals surface area (Å²) in [6, 6.07) is 11.6. The number of hydrazone groups is 1. The molecule has 33 heavy (non-hydrogen) atoms. The van der Waals surface area contributed by atoms with Crippen LogP contribution in [-0.2, 0) is 14.4 Å². The standard InChI is InChI=1S/C24H19Cl2N3O4/c25-16-4-6-17(7-5-16)28-20(30)12-33-19-8-1-13(9-18(19)26)11-27-29-23(31)21-14-2-3-15(10-14)22(21)24(29)32/h1-9,11,14-15,21-22H,10,12H2,(H,28,30)/t14-,15-,21-,22+/m0/s1. The van der Waals surface area contributed by atoms with Gasteiger partial charge in [-0.15, -0.1) is 0 Å². The van der Waals surface area contributed by atoms with Crippen molar-refractivity contribution in [2.24, 2.45) is 28.8 Å². The van der Waals surface area contributed by atoms with Crippen LogP contribution in [0.4, 0.5) is 5.69 Å². The second kappa shape index (κ2) is 8.65. The van der Waals surface area contributed by atoms with Crippen LogP contribution in [0.1, 0.15) is 12.0 Å². The summed E-state index contributed by atoms with van der Waals surface area (Å²) >= 11 is 12.1. The van der Waals surface area contributed by atoms with Crippen LogP contribution >= 0.6 is 23.2 Å². The second-order valence-corrected chi connectivity index (χ2v) is 9.11. The lowest BCUT2D eigenvalue weighted by molar-refractivity contribution is -0.140. The van der Waals surface area contributed by atoms with Crippen molar-refractivity contribution in [3.05, 3.63) is 70.2 Å². The molecule has 9 heteroatoms. The first-order valence-electron chi connectivity index (χ1n) is 10.5. The molecule has 3 amide bonds. The molecule has 1 aliphatic heterocycles. The number of imide groups is 1. The summed E-state index contributed by atoms with van der Waals surface area (Å²) in [5.74, 6) is -0.804. The van der Waals surface area contributed by atoms with Crippen molar-refractivity contribution >= 4 is 52.8 Å². The fourth-order valence-electron chi connectivity index (χ4n) is 4.71. The fraction of sp³-hybridized carbons (Fsp3) is 0.250. The maximum absolute atomic E-state index is 12.7. The highest BCUT2D eigenvalue weighted by Gasteiger charge is 2.59. The number of anilines is 1. The van der Waals surface area contributed by atoms with E-state index in [0.29, 0.717) is 22.0 Å². The van der Waals surface area contributed by atoms with Gasteiger partial charge in [0.15, 0.2) is 6.61 Å². The maximum Gasteiger partial charge on any atom is 0.262 e. The molecule has 0 unspecified atom stereocenters. The third kappa shape index (κ3) is 4.14. The van der Waals surface area contributed by atoms with Gasteiger partial charge in [0.2, 0.25) is 0 Å². The number of fused-ring (bicyclic) bond motifs is 5. The van der Waals surface area contributed by atoms with Crippen molar-refractivity contribution in [3.8, 4) is 5.75 Å². The lowest BCUT2D eigenvalue weighted by Crippen LogP contribution is -2.28. The molecule has 2 aromatic carbocycles. The third-order valence-electron chi connectivity index (χ3n) is 6.21. The SMILES string of the molecule is O=C(COc1ccc(C=NN2C(=O)[C@@H]3[C@H](C2=O)[C@H]2C=C[C@H]3C2)cc1Cl)Nc1ccc(Cl)cc1. The first-order chi connectivity index (χ1) is 15.9. The number of amides is 3. The quantitative estimate of drug-likeness (QED) is 0.379. The van der Waals surface area contributed by atoms with Crippen molar-refractivity contribution in [1.82, 2.24) is 5.01 Å². The van der Waals surface area contributed by atoms with E-state index < -0.39 is 0 Å². The maximum atomic E-state index is 12.7. The van der Waals surface area contributed by atoms with E-state index in [4.69, 9.17) is 27.9 Å². The Morgan fingerprint density at radius 3 is 2.36 bits per heavy atom. The van der Waals surface area contributed by atoms with Gasteiger partial charge in [0.25, 0.3) is 17.7 Å². The average molecular weight is 484 g/mol. The van der Waals surface area contributed by atoms with E-state index >= 15 is 0 Å². The molecule has 2 aliphatic carbocycles. The number of rotatable bonds is 6. The summed E-state index contributed by atoms with van der Waals surface area (Å²) in [6.45, 7) is -0.230. The van der Waals surface area contributed by atoms with Gasteiger partial charge in [-0.05, 0) is 66.3 Å². The van der Waals surface area contributed by atoms with Crippen LogP contribution in [-0.4, -0.2) is 35.6 Å². The third-order valence-corrected chi connectivity index (χ3v) is 6.76. The molecule has 0 spiro atoms. The Morgan fingerprint density at radius 2 is 1.73 bits per heavy atom. The molecule has 0 radical (unpaired) electrons. The fourth-order valence-corrected chi connectivity index (χ4v) is 5.08. The summed E-state index contributed by atoms with van der Waals surface area (Å²) in [7, 11) is 0. The lowest BCUT2D eigenvalue weighted by Gasteiger charge is -2.13. The van der Waals surface area contributed by atoms with E-state index in [-0.39, 0.29) is 53.0 Å². The zero-order valence-electron chi connectivity index (χ0n) is 17.3. The van der Waals surface area contributed by atoms with Gasteiger partial charge in [0.1, 0.15) is 5.75 Å². The van der Waals surface area contributed by atoms with Crippen LogP contribution in [0.25, 0.3) is 0 Å².